The first-order valence-corrected chi connectivity index (χ1v) is 11.8. The molecule has 2 heterocycles. The lowest BCUT2D eigenvalue weighted by molar-refractivity contribution is -0.126. The molecule has 0 spiro atoms. The number of carbonyl (C=O) groups excluding carboxylic acids is 2. The average Bonchev–Trinajstić information content (AvgIpc) is 2.89. The fraction of sp³-hybridized carbons (Fsp3) is 0.259. The largest absolute Gasteiger partial charge is 0.338 e. The van der Waals surface area contributed by atoms with E-state index in [1.165, 1.54) is 0 Å². The van der Waals surface area contributed by atoms with E-state index in [1.54, 1.807) is 5.01 Å². The Morgan fingerprint density at radius 1 is 0.912 bits per heavy atom. The summed E-state index contributed by atoms with van der Waals surface area (Å²) in [4.78, 5) is 27.6. The summed E-state index contributed by atoms with van der Waals surface area (Å²) < 4.78 is 0. The van der Waals surface area contributed by atoms with Crippen LogP contribution in [0.4, 0.5) is 27.5 Å². The summed E-state index contributed by atoms with van der Waals surface area (Å²) in [6.07, 6.45) is 4.15. The molecule has 1 saturated carbocycles. The molecule has 3 aromatic rings. The van der Waals surface area contributed by atoms with E-state index in [-0.39, 0.29) is 17.9 Å². The predicted molar refractivity (Wildman–Crippen MR) is 135 cm³/mol. The molecule has 0 radical (unpaired) electrons. The third-order valence-corrected chi connectivity index (χ3v) is 6.68. The molecule has 3 fully saturated rings. The van der Waals surface area contributed by atoms with Crippen LogP contribution in [0.1, 0.15) is 31.2 Å². The molecule has 3 aromatic carbocycles. The first-order chi connectivity index (χ1) is 16.6. The smallest absolute Gasteiger partial charge is 0.326 e. The number of benzene rings is 3. The van der Waals surface area contributed by atoms with Gasteiger partial charge in [0.05, 0.1) is 11.4 Å². The van der Waals surface area contributed by atoms with Gasteiger partial charge in [-0.2, -0.15) is 0 Å². The van der Waals surface area contributed by atoms with E-state index >= 15 is 0 Å². The number of hydrazine groups is 1. The Bertz CT molecular complexity index is 1160. The van der Waals surface area contributed by atoms with Crippen LogP contribution >= 0.6 is 0 Å². The summed E-state index contributed by atoms with van der Waals surface area (Å²) in [6.45, 7) is 0.413. The zero-order valence-electron chi connectivity index (χ0n) is 19.0. The number of hydrogen-bond acceptors (Lipinski definition) is 4. The van der Waals surface area contributed by atoms with E-state index in [0.29, 0.717) is 18.3 Å². The molecule has 0 aromatic heterocycles. The van der Waals surface area contributed by atoms with Crippen LogP contribution in [0, 0.1) is 5.92 Å². The molecule has 4 N–H and O–H groups in total. The van der Waals surface area contributed by atoms with Crippen molar-refractivity contribution in [2.75, 3.05) is 15.2 Å². The minimum Gasteiger partial charge on any atom is -0.326 e. The van der Waals surface area contributed by atoms with Crippen molar-refractivity contribution in [3.63, 3.8) is 0 Å². The topological polar surface area (TPSA) is 90.7 Å². The Balaban J connectivity index is 1.30. The number of fused-ring (bicyclic) bond motifs is 3. The van der Waals surface area contributed by atoms with E-state index in [1.807, 2.05) is 83.8 Å². The van der Waals surface area contributed by atoms with E-state index in [0.717, 1.165) is 48.3 Å². The van der Waals surface area contributed by atoms with Crippen LogP contribution in [0.25, 0.3) is 0 Å². The molecule has 0 atom stereocenters. The molecular formula is C27H29N5O2. The van der Waals surface area contributed by atoms with Crippen LogP contribution in [0.5, 0.6) is 0 Å². The molecule has 6 rings (SSSR count). The fourth-order valence-electron chi connectivity index (χ4n) is 4.94. The number of rotatable bonds is 6. The highest BCUT2D eigenvalue weighted by Gasteiger charge is 2.40. The van der Waals surface area contributed by atoms with Gasteiger partial charge in [0.1, 0.15) is 0 Å². The number of nitrogens with two attached hydrogens (primary N) is 1. The fourth-order valence-corrected chi connectivity index (χ4v) is 4.94. The van der Waals surface area contributed by atoms with E-state index in [4.69, 9.17) is 5.73 Å². The maximum atomic E-state index is 12.9. The number of amides is 3. The van der Waals surface area contributed by atoms with Gasteiger partial charge >= 0.3 is 6.03 Å². The molecule has 3 aliphatic rings. The Hall–Kier alpha value is -3.84. The lowest BCUT2D eigenvalue weighted by Crippen LogP contribution is -2.52. The van der Waals surface area contributed by atoms with Crippen molar-refractivity contribution in [2.24, 2.45) is 11.7 Å². The van der Waals surface area contributed by atoms with Crippen LogP contribution < -0.4 is 26.4 Å². The maximum Gasteiger partial charge on any atom is 0.338 e. The van der Waals surface area contributed by atoms with Crippen molar-refractivity contribution in [1.29, 1.82) is 0 Å². The predicted octanol–water partition coefficient (Wildman–Crippen LogP) is 4.93. The highest BCUT2D eigenvalue weighted by Crippen LogP contribution is 2.39. The van der Waals surface area contributed by atoms with E-state index in [2.05, 4.69) is 10.7 Å². The normalized spacial score (nSPS) is 19.1. The number of para-hydroxylation sites is 1. The van der Waals surface area contributed by atoms with Gasteiger partial charge in [0.25, 0.3) is 0 Å². The van der Waals surface area contributed by atoms with Gasteiger partial charge in [-0.3, -0.25) is 9.80 Å². The lowest BCUT2D eigenvalue weighted by Gasteiger charge is -2.44. The monoisotopic (exact) mass is 455 g/mol. The summed E-state index contributed by atoms with van der Waals surface area (Å²) in [5, 5.41) is 4.62. The zero-order valence-corrected chi connectivity index (χ0v) is 19.0. The first kappa shape index (κ1) is 22.0. The number of piperidine rings is 2. The van der Waals surface area contributed by atoms with Crippen molar-refractivity contribution in [3.05, 3.63) is 84.4 Å². The Morgan fingerprint density at radius 3 is 2.29 bits per heavy atom. The molecule has 3 amide bonds. The number of nitrogens with one attached hydrogen (secondary N) is 2. The third-order valence-electron chi connectivity index (χ3n) is 6.68. The van der Waals surface area contributed by atoms with Gasteiger partial charge in [0.2, 0.25) is 5.91 Å². The summed E-state index contributed by atoms with van der Waals surface area (Å²) in [5.41, 5.74) is 12.9. The van der Waals surface area contributed by atoms with Crippen molar-refractivity contribution >= 4 is 34.7 Å². The van der Waals surface area contributed by atoms with Crippen molar-refractivity contribution in [3.8, 4) is 0 Å². The standard InChI is InChI=1S/C27H29N5O2/c28-18-19-5-4-8-25(17-19)32(24-6-2-1-3-7-24)30-27(34)29-21-11-15-23(16-12-21)31-22-13-9-20(10-14-22)26(31)33/h1-8,11-12,15-17,20,22H,9-10,13-14,18,28H2,(H2,29,30,34). The van der Waals surface area contributed by atoms with Gasteiger partial charge in [-0.1, -0.05) is 30.3 Å². The number of anilines is 4. The van der Waals surface area contributed by atoms with Crippen molar-refractivity contribution in [1.82, 2.24) is 5.43 Å². The van der Waals surface area contributed by atoms with Crippen molar-refractivity contribution < 1.29 is 9.59 Å². The minimum absolute atomic E-state index is 0.162. The molecule has 2 bridgehead atoms. The van der Waals surface area contributed by atoms with Gasteiger partial charge in [0, 0.05) is 29.9 Å². The maximum absolute atomic E-state index is 12.9. The summed E-state index contributed by atoms with van der Waals surface area (Å²) in [7, 11) is 0. The Labute approximate surface area is 199 Å². The Morgan fingerprint density at radius 2 is 1.62 bits per heavy atom. The average molecular weight is 456 g/mol. The minimum atomic E-state index is -0.372. The number of hydrogen-bond donors (Lipinski definition) is 3. The number of nitrogens with zero attached hydrogens (tertiary/aromatic N) is 2. The zero-order chi connectivity index (χ0) is 23.5. The SMILES string of the molecule is NCc1cccc(N(NC(=O)Nc2ccc(N3C(=O)C4CCC3CC4)cc2)c2ccccc2)c1. The highest BCUT2D eigenvalue weighted by molar-refractivity contribution is 5.98. The van der Waals surface area contributed by atoms with Gasteiger partial charge in [-0.25, -0.2) is 10.2 Å². The van der Waals surface area contributed by atoms with Crippen LogP contribution in [-0.2, 0) is 11.3 Å². The quantitative estimate of drug-likeness (QED) is 0.460. The Kier molecular flexibility index (Phi) is 6.18. The molecule has 2 aliphatic heterocycles. The third kappa shape index (κ3) is 4.47. The summed E-state index contributed by atoms with van der Waals surface area (Å²) in [6, 6.07) is 24.8. The molecule has 2 saturated heterocycles. The van der Waals surface area contributed by atoms with Gasteiger partial charge in [0.15, 0.2) is 0 Å². The second kappa shape index (κ2) is 9.57. The second-order valence-corrected chi connectivity index (χ2v) is 8.87. The van der Waals surface area contributed by atoms with Crippen LogP contribution in [-0.4, -0.2) is 18.0 Å². The van der Waals surface area contributed by atoms with Gasteiger partial charge < -0.3 is 16.0 Å². The molecule has 0 unspecified atom stereocenters. The molecule has 174 valence electrons. The number of urea groups is 1. The van der Waals surface area contributed by atoms with Crippen LogP contribution in [0.15, 0.2) is 78.9 Å². The van der Waals surface area contributed by atoms with Gasteiger partial charge in [-0.05, 0) is 79.8 Å². The molecule has 1 aliphatic carbocycles. The molecule has 7 heteroatoms. The highest BCUT2D eigenvalue weighted by atomic mass is 16.2. The number of carbonyl (C=O) groups is 2. The van der Waals surface area contributed by atoms with Crippen LogP contribution in [0.3, 0.4) is 0 Å². The summed E-state index contributed by atoms with van der Waals surface area (Å²) >= 11 is 0. The second-order valence-electron chi connectivity index (χ2n) is 8.87. The molecular weight excluding hydrogens is 426 g/mol. The lowest BCUT2D eigenvalue weighted by atomic mass is 9.79. The van der Waals surface area contributed by atoms with Crippen molar-refractivity contribution in [2.45, 2.75) is 38.3 Å². The van der Waals surface area contributed by atoms with E-state index < -0.39 is 0 Å². The molecule has 34 heavy (non-hydrogen) atoms. The van der Waals surface area contributed by atoms with Crippen LogP contribution in [0.2, 0.25) is 0 Å². The molecule has 7 nitrogen and oxygen atoms in total. The van der Waals surface area contributed by atoms with Gasteiger partial charge in [-0.15, -0.1) is 0 Å². The van der Waals surface area contributed by atoms with E-state index in [9.17, 15) is 9.59 Å². The summed E-state index contributed by atoms with van der Waals surface area (Å²) in [5.74, 6) is 0.398. The first-order valence-electron chi connectivity index (χ1n) is 11.8.